The van der Waals surface area contributed by atoms with E-state index in [1.165, 1.54) is 30.6 Å². The first-order valence-electron chi connectivity index (χ1n) is 6.48. The highest BCUT2D eigenvalue weighted by atomic mass is 32.2. The molecule has 0 fully saturated rings. The van der Waals surface area contributed by atoms with E-state index in [4.69, 9.17) is 9.84 Å². The third-order valence-corrected chi connectivity index (χ3v) is 5.84. The molecule has 0 aliphatic carbocycles. The molecule has 0 saturated carbocycles. The van der Waals surface area contributed by atoms with E-state index in [1.807, 2.05) is 20.8 Å². The molecular formula is C14H21NO5S. The van der Waals surface area contributed by atoms with Crippen molar-refractivity contribution >= 4 is 16.0 Å². The van der Waals surface area contributed by atoms with Crippen molar-refractivity contribution in [2.24, 2.45) is 0 Å². The van der Waals surface area contributed by atoms with Gasteiger partial charge >= 0.3 is 5.97 Å². The summed E-state index contributed by atoms with van der Waals surface area (Å²) >= 11 is 0. The van der Waals surface area contributed by atoms with E-state index in [0.29, 0.717) is 6.42 Å². The zero-order valence-electron chi connectivity index (χ0n) is 12.9. The molecule has 0 spiro atoms. The van der Waals surface area contributed by atoms with Crippen molar-refractivity contribution in [2.45, 2.75) is 37.6 Å². The van der Waals surface area contributed by atoms with E-state index in [1.54, 1.807) is 0 Å². The molecule has 0 aliphatic rings. The van der Waals surface area contributed by atoms with Crippen LogP contribution in [0.3, 0.4) is 0 Å². The summed E-state index contributed by atoms with van der Waals surface area (Å²) in [6.07, 6.45) is 0.630. The standard InChI is InChI=1S/C14H21NO5S/c1-6-14(2,3)15(4)21(18,19)10-7-8-12(20-5)11(9-10)13(16)17/h7-9H,6H2,1-5H3,(H,16,17). The Bertz CT molecular complexity index is 637. The Hall–Kier alpha value is -1.60. The van der Waals surface area contributed by atoms with Crippen LogP contribution in [0.15, 0.2) is 23.1 Å². The highest BCUT2D eigenvalue weighted by Crippen LogP contribution is 2.28. The van der Waals surface area contributed by atoms with Crippen LogP contribution in [0.2, 0.25) is 0 Å². The van der Waals surface area contributed by atoms with Crippen LogP contribution in [0.25, 0.3) is 0 Å². The third-order valence-electron chi connectivity index (χ3n) is 3.78. The summed E-state index contributed by atoms with van der Waals surface area (Å²) in [5.74, 6) is -1.11. The fraction of sp³-hybridized carbons (Fsp3) is 0.500. The molecule has 6 nitrogen and oxygen atoms in total. The zero-order valence-corrected chi connectivity index (χ0v) is 13.7. The van der Waals surface area contributed by atoms with Crippen molar-refractivity contribution in [3.8, 4) is 5.75 Å². The molecule has 21 heavy (non-hydrogen) atoms. The molecule has 0 radical (unpaired) electrons. The third kappa shape index (κ3) is 3.36. The summed E-state index contributed by atoms with van der Waals surface area (Å²) in [5.41, 5.74) is -0.747. The Balaban J connectivity index is 3.40. The van der Waals surface area contributed by atoms with Crippen LogP contribution in [0.1, 0.15) is 37.6 Å². The molecule has 0 amide bonds. The number of aromatic carboxylic acids is 1. The first kappa shape index (κ1) is 17.5. The molecule has 1 aromatic carbocycles. The number of ether oxygens (including phenoxy) is 1. The minimum Gasteiger partial charge on any atom is -0.496 e. The number of methoxy groups -OCH3 is 1. The molecule has 1 N–H and O–H groups in total. The van der Waals surface area contributed by atoms with Gasteiger partial charge < -0.3 is 9.84 Å². The molecule has 1 rings (SSSR count). The van der Waals surface area contributed by atoms with Gasteiger partial charge in [-0.25, -0.2) is 13.2 Å². The maximum absolute atomic E-state index is 12.6. The van der Waals surface area contributed by atoms with E-state index < -0.39 is 21.5 Å². The van der Waals surface area contributed by atoms with E-state index in [-0.39, 0.29) is 16.2 Å². The van der Waals surface area contributed by atoms with Gasteiger partial charge in [-0.05, 0) is 38.5 Å². The van der Waals surface area contributed by atoms with Gasteiger partial charge in [0.1, 0.15) is 11.3 Å². The van der Waals surface area contributed by atoms with E-state index >= 15 is 0 Å². The lowest BCUT2D eigenvalue weighted by atomic mass is 10.0. The maximum atomic E-state index is 12.6. The van der Waals surface area contributed by atoms with Crippen LogP contribution in [0, 0.1) is 0 Å². The summed E-state index contributed by atoms with van der Waals surface area (Å²) in [4.78, 5) is 11.1. The number of carboxylic acids is 1. The number of carbonyl (C=O) groups is 1. The Morgan fingerprint density at radius 1 is 1.38 bits per heavy atom. The van der Waals surface area contributed by atoms with E-state index in [0.717, 1.165) is 6.07 Å². The second-order valence-electron chi connectivity index (χ2n) is 5.31. The Morgan fingerprint density at radius 2 is 1.95 bits per heavy atom. The zero-order chi connectivity index (χ0) is 16.4. The van der Waals surface area contributed by atoms with Crippen molar-refractivity contribution in [3.05, 3.63) is 23.8 Å². The molecule has 0 bridgehead atoms. The predicted molar refractivity (Wildman–Crippen MR) is 79.3 cm³/mol. The average molecular weight is 315 g/mol. The molecule has 0 atom stereocenters. The van der Waals surface area contributed by atoms with Crippen LogP contribution in [-0.4, -0.2) is 43.5 Å². The van der Waals surface area contributed by atoms with Crippen LogP contribution >= 0.6 is 0 Å². The summed E-state index contributed by atoms with van der Waals surface area (Å²) in [5, 5.41) is 9.14. The van der Waals surface area contributed by atoms with Gasteiger partial charge in [-0.1, -0.05) is 6.92 Å². The number of sulfonamides is 1. The van der Waals surface area contributed by atoms with E-state index in [9.17, 15) is 13.2 Å². The molecule has 0 unspecified atom stereocenters. The van der Waals surface area contributed by atoms with Gasteiger partial charge in [0.05, 0.1) is 12.0 Å². The molecule has 118 valence electrons. The topological polar surface area (TPSA) is 83.9 Å². The highest BCUT2D eigenvalue weighted by Gasteiger charge is 2.33. The van der Waals surface area contributed by atoms with Gasteiger partial charge in [0.2, 0.25) is 10.0 Å². The number of nitrogens with zero attached hydrogens (tertiary/aromatic N) is 1. The summed E-state index contributed by atoms with van der Waals surface area (Å²) in [6.45, 7) is 5.51. The number of rotatable bonds is 6. The summed E-state index contributed by atoms with van der Waals surface area (Å²) < 4.78 is 31.4. The summed E-state index contributed by atoms with van der Waals surface area (Å²) in [6, 6.07) is 3.82. The van der Waals surface area contributed by atoms with Crippen molar-refractivity contribution in [1.29, 1.82) is 0 Å². The Labute approximate surface area is 125 Å². The van der Waals surface area contributed by atoms with E-state index in [2.05, 4.69) is 0 Å². The fourth-order valence-corrected chi connectivity index (χ4v) is 3.32. The molecule has 0 saturated heterocycles. The molecule has 1 aromatic rings. The van der Waals surface area contributed by atoms with Gasteiger partial charge in [-0.3, -0.25) is 0 Å². The largest absolute Gasteiger partial charge is 0.496 e. The number of carboxylic acid groups (broad SMARTS) is 1. The second-order valence-corrected chi connectivity index (χ2v) is 7.28. The molecule has 7 heteroatoms. The first-order chi connectivity index (χ1) is 9.57. The summed E-state index contributed by atoms with van der Waals surface area (Å²) in [7, 11) is -0.950. The number of hydrogen-bond donors (Lipinski definition) is 1. The first-order valence-corrected chi connectivity index (χ1v) is 7.92. The SMILES string of the molecule is CCC(C)(C)N(C)S(=O)(=O)c1ccc(OC)c(C(=O)O)c1. The number of hydrogen-bond acceptors (Lipinski definition) is 4. The molecule has 0 heterocycles. The van der Waals surface area contributed by atoms with Crippen molar-refractivity contribution in [2.75, 3.05) is 14.2 Å². The normalized spacial score (nSPS) is 12.5. The van der Waals surface area contributed by atoms with Crippen molar-refractivity contribution in [1.82, 2.24) is 4.31 Å². The van der Waals surface area contributed by atoms with Crippen molar-refractivity contribution < 1.29 is 23.1 Å². The van der Waals surface area contributed by atoms with Gasteiger partial charge in [0.15, 0.2) is 0 Å². The van der Waals surface area contributed by atoms with Crippen LogP contribution in [0.5, 0.6) is 5.75 Å². The van der Waals surface area contributed by atoms with Crippen molar-refractivity contribution in [3.63, 3.8) is 0 Å². The predicted octanol–water partition coefficient (Wildman–Crippen LogP) is 2.20. The average Bonchev–Trinajstić information content (AvgIpc) is 2.45. The van der Waals surface area contributed by atoms with Crippen LogP contribution < -0.4 is 4.74 Å². The smallest absolute Gasteiger partial charge is 0.339 e. The molecule has 0 aliphatic heterocycles. The quantitative estimate of drug-likeness (QED) is 0.870. The van der Waals surface area contributed by atoms with Gasteiger partial charge in [0.25, 0.3) is 0 Å². The lowest BCUT2D eigenvalue weighted by Gasteiger charge is -2.33. The van der Waals surface area contributed by atoms with Gasteiger partial charge in [-0.2, -0.15) is 4.31 Å². The molecular weight excluding hydrogens is 294 g/mol. The monoisotopic (exact) mass is 315 g/mol. The minimum atomic E-state index is -3.78. The fourth-order valence-electron chi connectivity index (χ4n) is 1.72. The lowest BCUT2D eigenvalue weighted by Crippen LogP contribution is -2.44. The maximum Gasteiger partial charge on any atom is 0.339 e. The number of benzene rings is 1. The van der Waals surface area contributed by atoms with Gasteiger partial charge in [0, 0.05) is 12.6 Å². The van der Waals surface area contributed by atoms with Gasteiger partial charge in [-0.15, -0.1) is 0 Å². The highest BCUT2D eigenvalue weighted by molar-refractivity contribution is 7.89. The minimum absolute atomic E-state index is 0.0651. The molecule has 0 aromatic heterocycles. The Kier molecular flexibility index (Phi) is 5.01. The lowest BCUT2D eigenvalue weighted by molar-refractivity contribution is 0.0693. The van der Waals surface area contributed by atoms with Crippen LogP contribution in [-0.2, 0) is 10.0 Å². The Morgan fingerprint density at radius 3 is 2.38 bits per heavy atom. The van der Waals surface area contributed by atoms with Crippen LogP contribution in [0.4, 0.5) is 0 Å². The second kappa shape index (κ2) is 6.03.